The van der Waals surface area contributed by atoms with E-state index in [2.05, 4.69) is 12.1 Å². The summed E-state index contributed by atoms with van der Waals surface area (Å²) >= 11 is 0. The number of benzene rings is 1. The standard InChI is InChI=1S/C16H25NO/c1-12(2)18-15-10-8-14(9-11-15)16(17)13-6-4-3-5-7-13/h8-13,16H,3-7,17H2,1-2H3. The third-order valence-electron chi connectivity index (χ3n) is 3.79. The van der Waals surface area contributed by atoms with Gasteiger partial charge in [-0.25, -0.2) is 0 Å². The minimum Gasteiger partial charge on any atom is -0.491 e. The largest absolute Gasteiger partial charge is 0.491 e. The van der Waals surface area contributed by atoms with E-state index in [4.69, 9.17) is 10.5 Å². The Morgan fingerprint density at radius 2 is 1.67 bits per heavy atom. The van der Waals surface area contributed by atoms with Crippen molar-refractivity contribution >= 4 is 0 Å². The maximum atomic E-state index is 6.38. The summed E-state index contributed by atoms with van der Waals surface area (Å²) in [7, 11) is 0. The van der Waals surface area contributed by atoms with Gasteiger partial charge in [0.15, 0.2) is 0 Å². The van der Waals surface area contributed by atoms with E-state index in [1.807, 2.05) is 26.0 Å². The van der Waals surface area contributed by atoms with E-state index >= 15 is 0 Å². The van der Waals surface area contributed by atoms with Crippen molar-refractivity contribution in [2.24, 2.45) is 11.7 Å². The summed E-state index contributed by atoms with van der Waals surface area (Å²) in [5.41, 5.74) is 7.63. The highest BCUT2D eigenvalue weighted by Crippen LogP contribution is 2.33. The summed E-state index contributed by atoms with van der Waals surface area (Å²) in [6.07, 6.45) is 6.85. The molecule has 1 fully saturated rings. The summed E-state index contributed by atoms with van der Waals surface area (Å²) in [5, 5.41) is 0. The molecule has 18 heavy (non-hydrogen) atoms. The molecule has 1 aliphatic carbocycles. The van der Waals surface area contributed by atoms with Crippen molar-refractivity contribution in [1.82, 2.24) is 0 Å². The molecule has 0 radical (unpaired) electrons. The molecule has 2 heteroatoms. The zero-order chi connectivity index (χ0) is 13.0. The topological polar surface area (TPSA) is 35.2 Å². The van der Waals surface area contributed by atoms with Gasteiger partial charge in [0.1, 0.15) is 5.75 Å². The van der Waals surface area contributed by atoms with Crippen LogP contribution in [-0.2, 0) is 0 Å². The van der Waals surface area contributed by atoms with E-state index in [0.717, 1.165) is 5.75 Å². The lowest BCUT2D eigenvalue weighted by Crippen LogP contribution is -2.23. The fourth-order valence-electron chi connectivity index (χ4n) is 2.81. The van der Waals surface area contributed by atoms with Crippen LogP contribution in [0.2, 0.25) is 0 Å². The summed E-state index contributed by atoms with van der Waals surface area (Å²) in [5.74, 6) is 1.60. The van der Waals surface area contributed by atoms with Crippen LogP contribution in [-0.4, -0.2) is 6.10 Å². The van der Waals surface area contributed by atoms with Crippen molar-refractivity contribution in [3.8, 4) is 5.75 Å². The minimum atomic E-state index is 0.193. The molecule has 2 nitrogen and oxygen atoms in total. The van der Waals surface area contributed by atoms with Gasteiger partial charge in [-0.3, -0.25) is 0 Å². The van der Waals surface area contributed by atoms with E-state index in [1.165, 1.54) is 37.7 Å². The first-order valence-electron chi connectivity index (χ1n) is 7.19. The molecule has 1 aromatic carbocycles. The highest BCUT2D eigenvalue weighted by molar-refractivity contribution is 5.29. The molecule has 0 bridgehead atoms. The normalized spacial score (nSPS) is 18.9. The molecule has 1 aliphatic rings. The maximum Gasteiger partial charge on any atom is 0.119 e. The van der Waals surface area contributed by atoms with E-state index in [-0.39, 0.29) is 12.1 Å². The van der Waals surface area contributed by atoms with Crippen LogP contribution >= 0.6 is 0 Å². The number of rotatable bonds is 4. The minimum absolute atomic E-state index is 0.193. The lowest BCUT2D eigenvalue weighted by atomic mass is 9.81. The van der Waals surface area contributed by atoms with Crippen LogP contribution in [0.1, 0.15) is 57.6 Å². The van der Waals surface area contributed by atoms with Gasteiger partial charge in [-0.1, -0.05) is 31.4 Å². The van der Waals surface area contributed by atoms with Crippen LogP contribution in [0.5, 0.6) is 5.75 Å². The second-order valence-corrected chi connectivity index (χ2v) is 5.66. The number of hydrogen-bond acceptors (Lipinski definition) is 2. The van der Waals surface area contributed by atoms with Gasteiger partial charge in [-0.2, -0.15) is 0 Å². The second kappa shape index (κ2) is 6.24. The molecule has 0 amide bonds. The highest BCUT2D eigenvalue weighted by Gasteiger charge is 2.21. The van der Waals surface area contributed by atoms with Gasteiger partial charge >= 0.3 is 0 Å². The number of hydrogen-bond donors (Lipinski definition) is 1. The molecule has 0 heterocycles. The predicted octanol–water partition coefficient (Wildman–Crippen LogP) is 4.05. The lowest BCUT2D eigenvalue weighted by molar-refractivity contribution is 0.242. The molecule has 1 atom stereocenters. The molecule has 1 unspecified atom stereocenters. The molecular weight excluding hydrogens is 222 g/mol. The zero-order valence-corrected chi connectivity index (χ0v) is 11.6. The first-order chi connectivity index (χ1) is 8.66. The first kappa shape index (κ1) is 13.4. The molecule has 1 saturated carbocycles. The summed E-state index contributed by atoms with van der Waals surface area (Å²) in [4.78, 5) is 0. The van der Waals surface area contributed by atoms with Gasteiger partial charge < -0.3 is 10.5 Å². The van der Waals surface area contributed by atoms with Crippen LogP contribution in [0.3, 0.4) is 0 Å². The Bertz CT molecular complexity index is 352. The van der Waals surface area contributed by atoms with Crippen molar-refractivity contribution in [1.29, 1.82) is 0 Å². The molecule has 0 aromatic heterocycles. The van der Waals surface area contributed by atoms with Crippen molar-refractivity contribution in [3.05, 3.63) is 29.8 Å². The molecule has 100 valence electrons. The Morgan fingerprint density at radius 3 is 2.22 bits per heavy atom. The van der Waals surface area contributed by atoms with Gasteiger partial charge in [0.2, 0.25) is 0 Å². The second-order valence-electron chi connectivity index (χ2n) is 5.66. The maximum absolute atomic E-state index is 6.38. The van der Waals surface area contributed by atoms with Crippen molar-refractivity contribution in [2.75, 3.05) is 0 Å². The van der Waals surface area contributed by atoms with Crippen LogP contribution in [0.4, 0.5) is 0 Å². The van der Waals surface area contributed by atoms with Gasteiger partial charge in [0.05, 0.1) is 6.10 Å². The quantitative estimate of drug-likeness (QED) is 0.871. The van der Waals surface area contributed by atoms with Crippen molar-refractivity contribution < 1.29 is 4.74 Å². The van der Waals surface area contributed by atoms with Crippen molar-refractivity contribution in [3.63, 3.8) is 0 Å². The summed E-state index contributed by atoms with van der Waals surface area (Å²) in [6, 6.07) is 8.52. The fraction of sp³-hybridized carbons (Fsp3) is 0.625. The summed E-state index contributed by atoms with van der Waals surface area (Å²) < 4.78 is 5.65. The van der Waals surface area contributed by atoms with Gasteiger partial charge in [0.25, 0.3) is 0 Å². The Balaban J connectivity index is 1.99. The average molecular weight is 247 g/mol. The SMILES string of the molecule is CC(C)Oc1ccc(C(N)C2CCCCC2)cc1. The van der Waals surface area contributed by atoms with Crippen molar-refractivity contribution in [2.45, 2.75) is 58.1 Å². The molecule has 1 aromatic rings. The van der Waals surface area contributed by atoms with Gasteiger partial charge in [0, 0.05) is 6.04 Å². The van der Waals surface area contributed by atoms with E-state index < -0.39 is 0 Å². The van der Waals surface area contributed by atoms with E-state index in [1.54, 1.807) is 0 Å². The van der Waals surface area contributed by atoms with Crippen LogP contribution in [0, 0.1) is 5.92 Å². The Labute approximate surface area is 111 Å². The fourth-order valence-corrected chi connectivity index (χ4v) is 2.81. The molecule has 2 rings (SSSR count). The molecular formula is C16H25NO. The first-order valence-corrected chi connectivity index (χ1v) is 7.19. The molecule has 2 N–H and O–H groups in total. The third kappa shape index (κ3) is 3.49. The van der Waals surface area contributed by atoms with Gasteiger partial charge in [-0.15, -0.1) is 0 Å². The van der Waals surface area contributed by atoms with Crippen LogP contribution < -0.4 is 10.5 Å². The lowest BCUT2D eigenvalue weighted by Gasteiger charge is -2.27. The summed E-state index contributed by atoms with van der Waals surface area (Å²) in [6.45, 7) is 4.09. The third-order valence-corrected chi connectivity index (χ3v) is 3.79. The highest BCUT2D eigenvalue weighted by atomic mass is 16.5. The Hall–Kier alpha value is -1.02. The van der Waals surface area contributed by atoms with E-state index in [0.29, 0.717) is 5.92 Å². The predicted molar refractivity (Wildman–Crippen MR) is 75.7 cm³/mol. The van der Waals surface area contributed by atoms with Gasteiger partial charge in [-0.05, 0) is 50.3 Å². The average Bonchev–Trinajstić information content (AvgIpc) is 2.39. The van der Waals surface area contributed by atoms with Crippen LogP contribution in [0.25, 0.3) is 0 Å². The molecule has 0 aliphatic heterocycles. The monoisotopic (exact) mass is 247 g/mol. The Morgan fingerprint density at radius 1 is 1.06 bits per heavy atom. The number of ether oxygens (including phenoxy) is 1. The Kier molecular flexibility index (Phi) is 4.65. The zero-order valence-electron chi connectivity index (χ0n) is 11.6. The molecule has 0 saturated heterocycles. The van der Waals surface area contributed by atoms with E-state index in [9.17, 15) is 0 Å². The van der Waals surface area contributed by atoms with Crippen LogP contribution in [0.15, 0.2) is 24.3 Å². The molecule has 0 spiro atoms. The number of nitrogens with two attached hydrogens (primary N) is 1. The smallest absolute Gasteiger partial charge is 0.119 e.